The summed E-state index contributed by atoms with van der Waals surface area (Å²) in [4.78, 5) is 10.9. The summed E-state index contributed by atoms with van der Waals surface area (Å²) in [6.07, 6.45) is -0.265. The first kappa shape index (κ1) is 17.8. The maximum Gasteiger partial charge on any atom is 0.307 e. The number of carboxylic acid groups (broad SMARTS) is 1. The van der Waals surface area contributed by atoms with Crippen molar-refractivity contribution in [1.82, 2.24) is 0 Å². The number of hydrogen-bond donors (Lipinski definition) is 1. The van der Waals surface area contributed by atoms with Crippen molar-refractivity contribution in [2.24, 2.45) is 0 Å². The van der Waals surface area contributed by atoms with Crippen molar-refractivity contribution in [3.8, 4) is 11.1 Å². The number of halogens is 1. The van der Waals surface area contributed by atoms with Gasteiger partial charge < -0.3 is 5.11 Å². The fraction of sp³-hybridized carbons (Fsp3) is 0.0500. The number of carbonyl (C=O) groups is 1. The molecule has 0 aliphatic rings. The van der Waals surface area contributed by atoms with E-state index >= 15 is 0 Å². The maximum atomic E-state index is 14.0. The molecule has 0 atom stereocenters. The van der Waals surface area contributed by atoms with E-state index in [-0.39, 0.29) is 16.2 Å². The minimum absolute atomic E-state index is 0.00179. The minimum Gasteiger partial charge on any atom is -0.481 e. The Labute approximate surface area is 150 Å². The Hall–Kier alpha value is -2.99. The van der Waals surface area contributed by atoms with Crippen LogP contribution in [0.2, 0.25) is 0 Å². The van der Waals surface area contributed by atoms with E-state index in [9.17, 15) is 17.6 Å². The second kappa shape index (κ2) is 7.09. The van der Waals surface area contributed by atoms with Gasteiger partial charge in [-0.05, 0) is 41.5 Å². The Morgan fingerprint density at radius 1 is 0.885 bits per heavy atom. The summed E-state index contributed by atoms with van der Waals surface area (Å²) in [5, 5.41) is 8.88. The SMILES string of the molecule is O=C(O)Cc1cccc(S(=O)(=O)c2cccc(-c3ccccc3F)c2)c1. The molecule has 26 heavy (non-hydrogen) atoms. The summed E-state index contributed by atoms with van der Waals surface area (Å²) in [7, 11) is -3.86. The zero-order valence-corrected chi connectivity index (χ0v) is 14.4. The Morgan fingerprint density at radius 2 is 1.54 bits per heavy atom. The molecule has 0 saturated heterocycles. The molecule has 6 heteroatoms. The predicted octanol–water partition coefficient (Wildman–Crippen LogP) is 3.95. The molecule has 0 aromatic heterocycles. The maximum absolute atomic E-state index is 14.0. The van der Waals surface area contributed by atoms with Gasteiger partial charge in [-0.3, -0.25) is 4.79 Å². The Morgan fingerprint density at radius 3 is 2.23 bits per heavy atom. The molecule has 0 saturated carbocycles. The molecule has 0 amide bonds. The van der Waals surface area contributed by atoms with Crippen LogP contribution in [-0.4, -0.2) is 19.5 Å². The third-order valence-corrected chi connectivity index (χ3v) is 5.64. The van der Waals surface area contributed by atoms with Gasteiger partial charge in [-0.15, -0.1) is 0 Å². The molecule has 0 fully saturated rings. The van der Waals surface area contributed by atoms with Gasteiger partial charge in [-0.25, -0.2) is 12.8 Å². The zero-order chi connectivity index (χ0) is 18.7. The number of sulfone groups is 1. The fourth-order valence-corrected chi connectivity index (χ4v) is 4.04. The molecule has 0 unspecified atom stereocenters. The molecule has 0 aliphatic heterocycles. The molecule has 0 heterocycles. The van der Waals surface area contributed by atoms with Crippen molar-refractivity contribution in [2.75, 3.05) is 0 Å². The highest BCUT2D eigenvalue weighted by Gasteiger charge is 2.19. The second-order valence-corrected chi connectivity index (χ2v) is 7.68. The highest BCUT2D eigenvalue weighted by atomic mass is 32.2. The molecular formula is C20H15FO4S. The van der Waals surface area contributed by atoms with Crippen LogP contribution in [0.5, 0.6) is 0 Å². The van der Waals surface area contributed by atoms with Gasteiger partial charge in [0.15, 0.2) is 0 Å². The van der Waals surface area contributed by atoms with Gasteiger partial charge in [0.05, 0.1) is 16.2 Å². The smallest absolute Gasteiger partial charge is 0.307 e. The topological polar surface area (TPSA) is 71.4 Å². The molecule has 0 radical (unpaired) electrons. The Balaban J connectivity index is 2.05. The largest absolute Gasteiger partial charge is 0.481 e. The Bertz CT molecular complexity index is 1070. The summed E-state index contributed by atoms with van der Waals surface area (Å²) in [5.41, 5.74) is 1.15. The highest BCUT2D eigenvalue weighted by Crippen LogP contribution is 2.28. The van der Waals surface area contributed by atoms with E-state index in [1.54, 1.807) is 36.4 Å². The van der Waals surface area contributed by atoms with Crippen LogP contribution >= 0.6 is 0 Å². The van der Waals surface area contributed by atoms with Crippen molar-refractivity contribution in [2.45, 2.75) is 16.2 Å². The lowest BCUT2D eigenvalue weighted by molar-refractivity contribution is -0.136. The van der Waals surface area contributed by atoms with E-state index in [4.69, 9.17) is 5.11 Å². The van der Waals surface area contributed by atoms with Gasteiger partial charge >= 0.3 is 5.97 Å². The van der Waals surface area contributed by atoms with Crippen LogP contribution in [0.3, 0.4) is 0 Å². The number of benzene rings is 3. The molecule has 4 nitrogen and oxygen atoms in total. The summed E-state index contributed by atoms with van der Waals surface area (Å²) in [6.45, 7) is 0. The van der Waals surface area contributed by atoms with E-state index in [0.717, 1.165) is 0 Å². The van der Waals surface area contributed by atoms with Crippen LogP contribution < -0.4 is 0 Å². The second-order valence-electron chi connectivity index (χ2n) is 5.73. The summed E-state index contributed by atoms with van der Waals surface area (Å²) in [5.74, 6) is -1.48. The average molecular weight is 370 g/mol. The lowest BCUT2D eigenvalue weighted by Gasteiger charge is -2.09. The van der Waals surface area contributed by atoms with Crippen LogP contribution in [0, 0.1) is 5.82 Å². The first-order valence-electron chi connectivity index (χ1n) is 7.79. The van der Waals surface area contributed by atoms with Gasteiger partial charge in [0.1, 0.15) is 5.82 Å². The van der Waals surface area contributed by atoms with Crippen molar-refractivity contribution in [3.05, 3.63) is 84.2 Å². The van der Waals surface area contributed by atoms with E-state index < -0.39 is 21.6 Å². The van der Waals surface area contributed by atoms with Gasteiger partial charge in [-0.1, -0.05) is 42.5 Å². The van der Waals surface area contributed by atoms with Gasteiger partial charge in [0, 0.05) is 5.56 Å². The van der Waals surface area contributed by atoms with Crippen molar-refractivity contribution in [3.63, 3.8) is 0 Å². The quantitative estimate of drug-likeness (QED) is 0.738. The van der Waals surface area contributed by atoms with Crippen molar-refractivity contribution < 1.29 is 22.7 Å². The molecule has 1 N–H and O–H groups in total. The monoisotopic (exact) mass is 370 g/mol. The fourth-order valence-electron chi connectivity index (χ4n) is 2.66. The lowest BCUT2D eigenvalue weighted by Crippen LogP contribution is -2.05. The van der Waals surface area contributed by atoms with E-state index in [1.807, 2.05) is 0 Å². The number of carboxylic acids is 1. The highest BCUT2D eigenvalue weighted by molar-refractivity contribution is 7.91. The van der Waals surface area contributed by atoms with Gasteiger partial charge in [0.25, 0.3) is 0 Å². The summed E-state index contributed by atoms with van der Waals surface area (Å²) >= 11 is 0. The van der Waals surface area contributed by atoms with Crippen LogP contribution in [0.15, 0.2) is 82.6 Å². The average Bonchev–Trinajstić information content (AvgIpc) is 2.62. The van der Waals surface area contributed by atoms with E-state index in [1.165, 1.54) is 36.4 Å². The molecule has 3 aromatic rings. The van der Waals surface area contributed by atoms with E-state index in [0.29, 0.717) is 16.7 Å². The molecule has 0 spiro atoms. The molecule has 0 bridgehead atoms. The van der Waals surface area contributed by atoms with E-state index in [2.05, 4.69) is 0 Å². The summed E-state index contributed by atoms with van der Waals surface area (Å²) < 4.78 is 39.8. The van der Waals surface area contributed by atoms with Crippen molar-refractivity contribution in [1.29, 1.82) is 0 Å². The third kappa shape index (κ3) is 3.65. The van der Waals surface area contributed by atoms with Crippen LogP contribution in [0.4, 0.5) is 4.39 Å². The van der Waals surface area contributed by atoms with Crippen molar-refractivity contribution >= 4 is 15.8 Å². The molecule has 3 rings (SSSR count). The molecule has 3 aromatic carbocycles. The number of rotatable bonds is 5. The van der Waals surface area contributed by atoms with Crippen LogP contribution in [-0.2, 0) is 21.1 Å². The van der Waals surface area contributed by atoms with Crippen LogP contribution in [0.1, 0.15) is 5.56 Å². The zero-order valence-electron chi connectivity index (χ0n) is 13.6. The summed E-state index contributed by atoms with van der Waals surface area (Å²) in [6, 6.07) is 18.0. The molecule has 0 aliphatic carbocycles. The normalized spacial score (nSPS) is 11.3. The number of aliphatic carboxylic acids is 1. The first-order chi connectivity index (χ1) is 12.4. The lowest BCUT2D eigenvalue weighted by atomic mass is 10.1. The predicted molar refractivity (Wildman–Crippen MR) is 95.1 cm³/mol. The molecular weight excluding hydrogens is 355 g/mol. The first-order valence-corrected chi connectivity index (χ1v) is 9.27. The third-order valence-electron chi connectivity index (χ3n) is 3.89. The van der Waals surface area contributed by atoms with Crippen LogP contribution in [0.25, 0.3) is 11.1 Å². The standard InChI is InChI=1S/C20H15FO4S/c21-19-10-2-1-9-18(19)15-6-4-8-17(13-15)26(24,25)16-7-3-5-14(11-16)12-20(22)23/h1-11,13H,12H2,(H,22,23). The minimum atomic E-state index is -3.86. The van der Waals surface area contributed by atoms with Gasteiger partial charge in [-0.2, -0.15) is 0 Å². The Kier molecular flexibility index (Phi) is 4.86. The number of hydrogen-bond acceptors (Lipinski definition) is 3. The van der Waals surface area contributed by atoms with Gasteiger partial charge in [0.2, 0.25) is 9.84 Å². The molecule has 132 valence electrons.